The van der Waals surface area contributed by atoms with Crippen LogP contribution in [0.3, 0.4) is 0 Å². The number of ether oxygens (including phenoxy) is 1. The third-order valence-electron chi connectivity index (χ3n) is 6.00. The highest BCUT2D eigenvalue weighted by molar-refractivity contribution is 5.73. The Balaban J connectivity index is 1.42. The molecule has 168 valence electrons. The Morgan fingerprint density at radius 2 is 1.80 bits per heavy atom. The summed E-state index contributed by atoms with van der Waals surface area (Å²) in [5.74, 6) is 1.64. The summed E-state index contributed by atoms with van der Waals surface area (Å²) >= 11 is 0. The number of rotatable bonds is 8. The molecule has 2 amide bonds. The van der Waals surface area contributed by atoms with Gasteiger partial charge in [0, 0.05) is 51.5 Å². The van der Waals surface area contributed by atoms with E-state index in [0.717, 1.165) is 57.2 Å². The van der Waals surface area contributed by atoms with Crippen LogP contribution in [0.25, 0.3) is 0 Å². The summed E-state index contributed by atoms with van der Waals surface area (Å²) in [6.45, 7) is 11.2. The molecule has 2 N–H and O–H groups in total. The van der Waals surface area contributed by atoms with Crippen LogP contribution in [0.15, 0.2) is 18.3 Å². The van der Waals surface area contributed by atoms with Gasteiger partial charge in [-0.1, -0.05) is 32.8 Å². The van der Waals surface area contributed by atoms with Crippen LogP contribution < -0.4 is 15.5 Å². The van der Waals surface area contributed by atoms with Crippen LogP contribution in [0.4, 0.5) is 10.6 Å². The molecule has 2 aliphatic rings. The number of amides is 2. The van der Waals surface area contributed by atoms with Gasteiger partial charge >= 0.3 is 6.03 Å². The van der Waals surface area contributed by atoms with Crippen molar-refractivity contribution in [2.45, 2.75) is 58.5 Å². The van der Waals surface area contributed by atoms with Gasteiger partial charge in [0.1, 0.15) is 5.82 Å². The molecule has 3 heterocycles. The molecule has 3 rings (SSSR count). The maximum atomic E-state index is 12.3. The summed E-state index contributed by atoms with van der Waals surface area (Å²) in [5.41, 5.74) is 1.02. The smallest absolute Gasteiger partial charge is 0.315 e. The van der Waals surface area contributed by atoms with Gasteiger partial charge in [0.05, 0.1) is 13.2 Å². The van der Waals surface area contributed by atoms with E-state index in [1.807, 2.05) is 6.20 Å². The first kappa shape index (κ1) is 22.8. The molecule has 0 saturated carbocycles. The van der Waals surface area contributed by atoms with Crippen LogP contribution in [0.1, 0.15) is 51.5 Å². The lowest BCUT2D eigenvalue weighted by atomic mass is 10.0. The summed E-state index contributed by atoms with van der Waals surface area (Å²) in [4.78, 5) is 21.8. The molecular weight excluding hydrogens is 378 g/mol. The third-order valence-corrected chi connectivity index (χ3v) is 6.00. The minimum atomic E-state index is -0.117. The number of nitrogens with zero attached hydrogens (tertiary/aromatic N) is 3. The first-order valence-electron chi connectivity index (χ1n) is 11.6. The Morgan fingerprint density at radius 1 is 1.07 bits per heavy atom. The molecule has 2 aliphatic heterocycles. The largest absolute Gasteiger partial charge is 0.379 e. The summed E-state index contributed by atoms with van der Waals surface area (Å²) in [7, 11) is 0. The van der Waals surface area contributed by atoms with Crippen LogP contribution in [-0.2, 0) is 11.3 Å². The predicted octanol–water partition coefficient (Wildman–Crippen LogP) is 3.01. The fourth-order valence-electron chi connectivity index (χ4n) is 4.31. The molecule has 1 atom stereocenters. The average molecular weight is 418 g/mol. The molecule has 2 fully saturated rings. The molecule has 0 aliphatic carbocycles. The van der Waals surface area contributed by atoms with Crippen molar-refractivity contribution in [1.29, 1.82) is 0 Å². The monoisotopic (exact) mass is 417 g/mol. The number of carbonyl (C=O) groups is 1. The Kier molecular flexibility index (Phi) is 9.21. The van der Waals surface area contributed by atoms with E-state index in [1.54, 1.807) is 0 Å². The van der Waals surface area contributed by atoms with Gasteiger partial charge in [0.2, 0.25) is 0 Å². The van der Waals surface area contributed by atoms with E-state index in [2.05, 4.69) is 51.4 Å². The number of carbonyl (C=O) groups excluding carboxylic acids is 1. The zero-order valence-corrected chi connectivity index (χ0v) is 18.7. The van der Waals surface area contributed by atoms with E-state index in [1.165, 1.54) is 25.7 Å². The number of urea groups is 1. The highest BCUT2D eigenvalue weighted by Crippen LogP contribution is 2.17. The zero-order chi connectivity index (χ0) is 21.2. The SMILES string of the molecule is CC(C)CC(CNC(=O)NCc1ccc(N2CCCCCC2)nc1)N1CCOCC1. The van der Waals surface area contributed by atoms with Crippen LogP contribution in [0.5, 0.6) is 0 Å². The minimum absolute atomic E-state index is 0.117. The molecule has 1 unspecified atom stereocenters. The normalized spacial score (nSPS) is 19.4. The number of nitrogens with one attached hydrogen (secondary N) is 2. The van der Waals surface area contributed by atoms with Crippen molar-refractivity contribution in [3.05, 3.63) is 23.9 Å². The minimum Gasteiger partial charge on any atom is -0.379 e. The van der Waals surface area contributed by atoms with Crippen molar-refractivity contribution in [1.82, 2.24) is 20.5 Å². The van der Waals surface area contributed by atoms with E-state index in [0.29, 0.717) is 25.0 Å². The zero-order valence-electron chi connectivity index (χ0n) is 18.7. The molecule has 0 aromatic carbocycles. The van der Waals surface area contributed by atoms with E-state index in [-0.39, 0.29) is 6.03 Å². The summed E-state index contributed by atoms with van der Waals surface area (Å²) in [5, 5.41) is 6.04. The van der Waals surface area contributed by atoms with Crippen molar-refractivity contribution in [3.63, 3.8) is 0 Å². The molecule has 1 aromatic heterocycles. The fraction of sp³-hybridized carbons (Fsp3) is 0.739. The summed E-state index contributed by atoms with van der Waals surface area (Å²) in [6.07, 6.45) is 8.08. The highest BCUT2D eigenvalue weighted by Gasteiger charge is 2.22. The predicted molar refractivity (Wildman–Crippen MR) is 121 cm³/mol. The second-order valence-corrected chi connectivity index (χ2v) is 8.92. The Hall–Kier alpha value is -1.86. The van der Waals surface area contributed by atoms with Crippen LogP contribution >= 0.6 is 0 Å². The van der Waals surface area contributed by atoms with Crippen LogP contribution in [0.2, 0.25) is 0 Å². The summed E-state index contributed by atoms with van der Waals surface area (Å²) < 4.78 is 5.47. The number of pyridine rings is 1. The van der Waals surface area contributed by atoms with Gasteiger partial charge in [0.25, 0.3) is 0 Å². The second-order valence-electron chi connectivity index (χ2n) is 8.92. The lowest BCUT2D eigenvalue weighted by Crippen LogP contribution is -2.50. The van der Waals surface area contributed by atoms with E-state index < -0.39 is 0 Å². The molecule has 1 aromatic rings. The lowest BCUT2D eigenvalue weighted by molar-refractivity contribution is 0.0129. The van der Waals surface area contributed by atoms with E-state index >= 15 is 0 Å². The van der Waals surface area contributed by atoms with Gasteiger partial charge in [-0.2, -0.15) is 0 Å². The van der Waals surface area contributed by atoms with Crippen molar-refractivity contribution < 1.29 is 9.53 Å². The second kappa shape index (κ2) is 12.1. The van der Waals surface area contributed by atoms with Gasteiger partial charge in [-0.05, 0) is 36.8 Å². The van der Waals surface area contributed by atoms with E-state index in [9.17, 15) is 4.79 Å². The van der Waals surface area contributed by atoms with Crippen LogP contribution in [0, 0.1) is 5.92 Å². The first-order chi connectivity index (χ1) is 14.6. The maximum absolute atomic E-state index is 12.3. The number of aromatic nitrogens is 1. The fourth-order valence-corrected chi connectivity index (χ4v) is 4.31. The molecule has 2 saturated heterocycles. The van der Waals surface area contributed by atoms with Gasteiger partial charge in [-0.3, -0.25) is 4.90 Å². The van der Waals surface area contributed by atoms with Gasteiger partial charge in [-0.25, -0.2) is 9.78 Å². The van der Waals surface area contributed by atoms with Gasteiger partial charge in [-0.15, -0.1) is 0 Å². The third kappa shape index (κ3) is 7.43. The molecule has 7 nitrogen and oxygen atoms in total. The van der Waals surface area contributed by atoms with Crippen molar-refractivity contribution in [3.8, 4) is 0 Å². The molecular formula is C23H39N5O2. The molecule has 7 heteroatoms. The number of hydrogen-bond donors (Lipinski definition) is 2. The highest BCUT2D eigenvalue weighted by atomic mass is 16.5. The van der Waals surface area contributed by atoms with Crippen molar-refractivity contribution in [2.75, 3.05) is 50.8 Å². The number of morpholine rings is 1. The average Bonchev–Trinajstić information content (AvgIpc) is 3.05. The quantitative estimate of drug-likeness (QED) is 0.680. The molecule has 30 heavy (non-hydrogen) atoms. The van der Waals surface area contributed by atoms with Gasteiger partial charge in [0.15, 0.2) is 0 Å². The first-order valence-corrected chi connectivity index (χ1v) is 11.6. The topological polar surface area (TPSA) is 69.7 Å². The van der Waals surface area contributed by atoms with Crippen molar-refractivity contribution >= 4 is 11.8 Å². The Bertz CT molecular complexity index is 623. The van der Waals surface area contributed by atoms with Crippen LogP contribution in [-0.4, -0.2) is 67.9 Å². The Morgan fingerprint density at radius 3 is 2.43 bits per heavy atom. The van der Waals surface area contributed by atoms with Gasteiger partial charge < -0.3 is 20.3 Å². The molecule has 0 radical (unpaired) electrons. The maximum Gasteiger partial charge on any atom is 0.315 e. The Labute approximate surface area is 181 Å². The number of anilines is 1. The number of hydrogen-bond acceptors (Lipinski definition) is 5. The standard InChI is InChI=1S/C23H39N5O2/c1-19(2)15-21(27-11-13-30-14-12-27)18-26-23(29)25-17-20-7-8-22(24-16-20)28-9-5-3-4-6-10-28/h7-8,16,19,21H,3-6,9-15,17-18H2,1-2H3,(H2,25,26,29). The molecule has 0 bridgehead atoms. The molecule has 0 spiro atoms. The lowest BCUT2D eigenvalue weighted by Gasteiger charge is -2.35. The summed E-state index contributed by atoms with van der Waals surface area (Å²) in [6, 6.07) is 4.39. The van der Waals surface area contributed by atoms with E-state index in [4.69, 9.17) is 4.74 Å². The van der Waals surface area contributed by atoms with Crippen molar-refractivity contribution in [2.24, 2.45) is 5.92 Å².